The van der Waals surface area contributed by atoms with E-state index in [2.05, 4.69) is 15.3 Å². The first kappa shape index (κ1) is 20.4. The average Bonchev–Trinajstić information content (AvgIpc) is 2.73. The zero-order valence-corrected chi connectivity index (χ0v) is 16.4. The van der Waals surface area contributed by atoms with Crippen molar-refractivity contribution in [1.82, 2.24) is 9.97 Å². The lowest BCUT2D eigenvalue weighted by Crippen LogP contribution is -2.14. The molecule has 1 N–H and O–H groups in total. The Kier molecular flexibility index (Phi) is 6.53. The Labute approximate surface area is 168 Å². The zero-order chi connectivity index (χ0) is 20.7. The number of ether oxygens (including phenoxy) is 2. The van der Waals surface area contributed by atoms with E-state index in [4.69, 9.17) is 9.47 Å². The second kappa shape index (κ2) is 9.26. The Morgan fingerprint density at radius 1 is 1.10 bits per heavy atom. The molecule has 29 heavy (non-hydrogen) atoms. The molecule has 1 heterocycles. The van der Waals surface area contributed by atoms with Crippen LogP contribution in [0.25, 0.3) is 0 Å². The molecule has 1 aromatic heterocycles. The van der Waals surface area contributed by atoms with Crippen LogP contribution in [-0.2, 0) is 14.6 Å². The van der Waals surface area contributed by atoms with Gasteiger partial charge in [0.05, 0.1) is 23.5 Å². The predicted molar refractivity (Wildman–Crippen MR) is 107 cm³/mol. The molecule has 0 aliphatic heterocycles. The van der Waals surface area contributed by atoms with Crippen molar-refractivity contribution in [2.75, 3.05) is 24.8 Å². The molecule has 0 fully saturated rings. The van der Waals surface area contributed by atoms with E-state index in [1.54, 1.807) is 24.3 Å². The van der Waals surface area contributed by atoms with Crippen LogP contribution in [0.4, 0.5) is 5.69 Å². The summed E-state index contributed by atoms with van der Waals surface area (Å²) in [7, 11) is -2.00. The standard InChI is InChI=1S/C20H19N3O5S/c1-27-11-12-29(25,26)18-7-5-15(6-8-18)20(24)23-16-3-2-4-17(13-16)28-19-14-21-9-10-22-19/h2-10,13-14H,11-12H2,1H3,(H,23,24). The number of hydrogen-bond acceptors (Lipinski definition) is 7. The Bertz CT molecular complexity index is 1070. The number of nitrogens with zero attached hydrogens (tertiary/aromatic N) is 2. The number of benzene rings is 2. The highest BCUT2D eigenvalue weighted by atomic mass is 32.2. The zero-order valence-electron chi connectivity index (χ0n) is 15.6. The number of anilines is 1. The molecule has 0 bridgehead atoms. The molecule has 3 rings (SSSR count). The Hall–Kier alpha value is -3.30. The van der Waals surface area contributed by atoms with Crippen molar-refractivity contribution >= 4 is 21.4 Å². The molecule has 0 saturated carbocycles. The van der Waals surface area contributed by atoms with Gasteiger partial charge >= 0.3 is 0 Å². The lowest BCUT2D eigenvalue weighted by molar-refractivity contribution is 0.102. The van der Waals surface area contributed by atoms with Crippen molar-refractivity contribution in [3.8, 4) is 11.6 Å². The lowest BCUT2D eigenvalue weighted by Gasteiger charge is -2.09. The van der Waals surface area contributed by atoms with Crippen LogP contribution in [0.2, 0.25) is 0 Å². The number of aromatic nitrogens is 2. The number of hydrogen-bond donors (Lipinski definition) is 1. The van der Waals surface area contributed by atoms with E-state index in [0.29, 0.717) is 22.9 Å². The fourth-order valence-electron chi connectivity index (χ4n) is 2.42. The number of methoxy groups -OCH3 is 1. The first-order chi connectivity index (χ1) is 14.0. The molecule has 150 valence electrons. The molecule has 9 heteroatoms. The molecule has 1 amide bonds. The van der Waals surface area contributed by atoms with Crippen LogP contribution in [0.15, 0.2) is 72.0 Å². The molecule has 2 aromatic carbocycles. The van der Waals surface area contributed by atoms with Gasteiger partial charge in [-0.2, -0.15) is 0 Å². The maximum absolute atomic E-state index is 12.5. The molecule has 0 atom stereocenters. The first-order valence-electron chi connectivity index (χ1n) is 8.65. The third kappa shape index (κ3) is 5.59. The summed E-state index contributed by atoms with van der Waals surface area (Å²) in [6.45, 7) is 0.109. The fraction of sp³-hybridized carbons (Fsp3) is 0.150. The molecule has 0 saturated heterocycles. The summed E-state index contributed by atoms with van der Waals surface area (Å²) in [5.41, 5.74) is 0.851. The van der Waals surface area contributed by atoms with E-state index in [-0.39, 0.29) is 23.2 Å². The summed E-state index contributed by atoms with van der Waals surface area (Å²) >= 11 is 0. The third-order valence-electron chi connectivity index (χ3n) is 3.89. The molecular weight excluding hydrogens is 394 g/mol. The summed E-state index contributed by atoms with van der Waals surface area (Å²) in [5.74, 6) is 0.333. The summed E-state index contributed by atoms with van der Waals surface area (Å²) < 4.78 is 34.7. The molecular formula is C20H19N3O5S. The minimum absolute atomic E-state index is 0.109. The van der Waals surface area contributed by atoms with Gasteiger partial charge in [0.25, 0.3) is 5.91 Å². The van der Waals surface area contributed by atoms with Crippen molar-refractivity contribution in [2.45, 2.75) is 4.90 Å². The minimum atomic E-state index is -3.44. The topological polar surface area (TPSA) is 107 Å². The van der Waals surface area contributed by atoms with Crippen LogP contribution in [0.5, 0.6) is 11.6 Å². The van der Waals surface area contributed by atoms with Gasteiger partial charge in [-0.15, -0.1) is 0 Å². The van der Waals surface area contributed by atoms with Crippen molar-refractivity contribution in [2.24, 2.45) is 0 Å². The van der Waals surface area contributed by atoms with E-state index < -0.39 is 9.84 Å². The molecule has 0 aliphatic carbocycles. The number of amides is 1. The van der Waals surface area contributed by atoms with Crippen LogP contribution in [0.1, 0.15) is 10.4 Å². The Morgan fingerprint density at radius 3 is 2.59 bits per heavy atom. The van der Waals surface area contributed by atoms with Gasteiger partial charge in [-0.05, 0) is 36.4 Å². The third-order valence-corrected chi connectivity index (χ3v) is 5.58. The van der Waals surface area contributed by atoms with Crippen LogP contribution in [0, 0.1) is 0 Å². The van der Waals surface area contributed by atoms with E-state index in [1.165, 1.54) is 50.0 Å². The van der Waals surface area contributed by atoms with E-state index >= 15 is 0 Å². The SMILES string of the molecule is COCCS(=O)(=O)c1ccc(C(=O)Nc2cccc(Oc3cnccn3)c2)cc1. The molecule has 0 spiro atoms. The molecule has 3 aromatic rings. The second-order valence-corrected chi connectivity index (χ2v) is 8.07. The number of sulfone groups is 1. The maximum Gasteiger partial charge on any atom is 0.255 e. The number of carbonyl (C=O) groups excluding carboxylic acids is 1. The Balaban J connectivity index is 1.68. The molecule has 8 nitrogen and oxygen atoms in total. The van der Waals surface area contributed by atoms with Crippen LogP contribution in [0.3, 0.4) is 0 Å². The highest BCUT2D eigenvalue weighted by Crippen LogP contribution is 2.22. The van der Waals surface area contributed by atoms with Crippen LogP contribution < -0.4 is 10.1 Å². The molecule has 0 aliphatic rings. The van der Waals surface area contributed by atoms with Gasteiger partial charge in [0.2, 0.25) is 5.88 Å². The van der Waals surface area contributed by atoms with Crippen LogP contribution >= 0.6 is 0 Å². The van der Waals surface area contributed by atoms with Crippen molar-refractivity contribution in [3.63, 3.8) is 0 Å². The summed E-state index contributed by atoms with van der Waals surface area (Å²) in [5, 5.41) is 2.75. The maximum atomic E-state index is 12.5. The van der Waals surface area contributed by atoms with Gasteiger partial charge in [0.15, 0.2) is 9.84 Å². The van der Waals surface area contributed by atoms with Gasteiger partial charge in [-0.3, -0.25) is 9.78 Å². The molecule has 0 radical (unpaired) electrons. The summed E-state index contributed by atoms with van der Waals surface area (Å²) in [6, 6.07) is 12.6. The summed E-state index contributed by atoms with van der Waals surface area (Å²) in [4.78, 5) is 20.6. The second-order valence-electron chi connectivity index (χ2n) is 5.96. The van der Waals surface area contributed by atoms with Crippen molar-refractivity contribution in [1.29, 1.82) is 0 Å². The van der Waals surface area contributed by atoms with Gasteiger partial charge in [0.1, 0.15) is 5.75 Å². The monoisotopic (exact) mass is 413 g/mol. The number of nitrogens with one attached hydrogen (secondary N) is 1. The van der Waals surface area contributed by atoms with Gasteiger partial charge < -0.3 is 14.8 Å². The predicted octanol–water partition coefficient (Wildman–Crippen LogP) is 2.94. The lowest BCUT2D eigenvalue weighted by atomic mass is 10.2. The number of carbonyl (C=O) groups is 1. The summed E-state index contributed by atoms with van der Waals surface area (Å²) in [6.07, 6.45) is 4.53. The number of rotatable bonds is 8. The normalized spacial score (nSPS) is 11.1. The van der Waals surface area contributed by atoms with Gasteiger partial charge in [0, 0.05) is 36.8 Å². The smallest absolute Gasteiger partial charge is 0.255 e. The minimum Gasteiger partial charge on any atom is -0.437 e. The van der Waals surface area contributed by atoms with Gasteiger partial charge in [-0.1, -0.05) is 6.07 Å². The highest BCUT2D eigenvalue weighted by molar-refractivity contribution is 7.91. The quantitative estimate of drug-likeness (QED) is 0.605. The largest absolute Gasteiger partial charge is 0.437 e. The van der Waals surface area contributed by atoms with E-state index in [1.807, 2.05) is 0 Å². The van der Waals surface area contributed by atoms with Crippen molar-refractivity contribution < 1.29 is 22.7 Å². The fourth-order valence-corrected chi connectivity index (χ4v) is 3.60. The van der Waals surface area contributed by atoms with Crippen LogP contribution in [-0.4, -0.2) is 43.8 Å². The van der Waals surface area contributed by atoms with Crippen molar-refractivity contribution in [3.05, 3.63) is 72.7 Å². The Morgan fingerprint density at radius 2 is 1.90 bits per heavy atom. The average molecular weight is 413 g/mol. The first-order valence-corrected chi connectivity index (χ1v) is 10.3. The molecule has 0 unspecified atom stereocenters. The highest BCUT2D eigenvalue weighted by Gasteiger charge is 2.15. The van der Waals surface area contributed by atoms with E-state index in [9.17, 15) is 13.2 Å². The van der Waals surface area contributed by atoms with Gasteiger partial charge in [-0.25, -0.2) is 13.4 Å². The van der Waals surface area contributed by atoms with E-state index in [0.717, 1.165) is 0 Å².